The number of nitrogens with zero attached hydrogens (tertiary/aromatic N) is 1. The quantitative estimate of drug-likeness (QED) is 0.250. The molecule has 0 aliphatic carbocycles. The Morgan fingerprint density at radius 3 is 2.17 bits per heavy atom. The van der Waals surface area contributed by atoms with Gasteiger partial charge in [0.1, 0.15) is 41.2 Å². The molecule has 4 fully saturated rings. The number of aliphatic hydroxyl groups is 5. The molecule has 4 rings (SSSR count). The van der Waals surface area contributed by atoms with Crippen LogP contribution in [0, 0.1) is 23.7 Å². The molecule has 0 aromatic carbocycles. The smallest absolute Gasteiger partial charge is 0.314 e. The van der Waals surface area contributed by atoms with Crippen LogP contribution in [0.5, 0.6) is 0 Å². The van der Waals surface area contributed by atoms with Gasteiger partial charge in [-0.05, 0) is 68.0 Å². The number of Topliss-reactive ketones (excluding diaryl/α,β-unsaturated/α-hetero) is 1. The van der Waals surface area contributed by atoms with Crippen molar-refractivity contribution in [1.82, 2.24) is 4.90 Å². The number of hydrogen-bond acceptors (Lipinski definition) is 15. The van der Waals surface area contributed by atoms with Crippen molar-refractivity contribution >= 4 is 11.8 Å². The van der Waals surface area contributed by atoms with Crippen LogP contribution in [-0.2, 0) is 42.7 Å². The fourth-order valence-electron chi connectivity index (χ4n) is 8.87. The zero-order valence-electron chi connectivity index (χ0n) is 33.0. The van der Waals surface area contributed by atoms with Crippen molar-refractivity contribution in [2.75, 3.05) is 27.8 Å². The number of cyclic esters (lactones) is 1. The van der Waals surface area contributed by atoms with Crippen molar-refractivity contribution in [3.05, 3.63) is 0 Å². The zero-order valence-corrected chi connectivity index (χ0v) is 33.0. The van der Waals surface area contributed by atoms with Crippen LogP contribution in [0.3, 0.4) is 0 Å². The van der Waals surface area contributed by atoms with Gasteiger partial charge in [0.15, 0.2) is 6.29 Å². The van der Waals surface area contributed by atoms with Crippen molar-refractivity contribution in [3.8, 4) is 0 Å². The number of ether oxygens (including phenoxy) is 7. The molecule has 0 amide bonds. The summed E-state index contributed by atoms with van der Waals surface area (Å²) in [5, 5.41) is 57.9. The fraction of sp³-hybridized carbons (Fsp3) is 0.946. The summed E-state index contributed by atoms with van der Waals surface area (Å²) in [4.78, 5) is 30.0. The Balaban J connectivity index is 1.86. The molecule has 4 heterocycles. The van der Waals surface area contributed by atoms with Crippen LogP contribution in [0.15, 0.2) is 0 Å². The second kappa shape index (κ2) is 16.0. The lowest BCUT2D eigenvalue weighted by molar-refractivity contribution is -0.474. The molecule has 0 radical (unpaired) electrons. The predicted molar refractivity (Wildman–Crippen MR) is 185 cm³/mol. The lowest BCUT2D eigenvalue weighted by atomic mass is 9.73. The number of carbonyl (C=O) groups is 2. The van der Waals surface area contributed by atoms with E-state index in [9.17, 15) is 35.1 Å². The zero-order chi connectivity index (χ0) is 39.3. The number of aliphatic hydroxyl groups excluding tert-OH is 3. The van der Waals surface area contributed by atoms with E-state index in [-0.39, 0.29) is 38.0 Å². The number of hydrogen-bond donors (Lipinski definition) is 5. The number of likely N-dealkylation sites (N-methyl/N-ethyl adjacent to an activating group) is 1. The summed E-state index contributed by atoms with van der Waals surface area (Å²) in [5.74, 6) is -7.05. The normalized spacial score (nSPS) is 51.5. The van der Waals surface area contributed by atoms with E-state index in [4.69, 9.17) is 33.2 Å². The maximum absolute atomic E-state index is 14.2. The number of fused-ring (bicyclic) bond motifs is 1. The van der Waals surface area contributed by atoms with Crippen molar-refractivity contribution in [1.29, 1.82) is 0 Å². The average molecular weight is 748 g/mol. The highest BCUT2D eigenvalue weighted by molar-refractivity contribution is 5.83. The molecule has 18 unspecified atom stereocenters. The summed E-state index contributed by atoms with van der Waals surface area (Å²) in [6, 6.07) is -0.338. The third-order valence-corrected chi connectivity index (χ3v) is 12.1. The van der Waals surface area contributed by atoms with Gasteiger partial charge in [-0.2, -0.15) is 0 Å². The molecule has 0 aromatic heterocycles. The first kappa shape index (κ1) is 43.4. The van der Waals surface area contributed by atoms with E-state index in [1.54, 1.807) is 34.6 Å². The summed E-state index contributed by atoms with van der Waals surface area (Å²) >= 11 is 0. The molecule has 4 saturated heterocycles. The number of esters is 1. The van der Waals surface area contributed by atoms with Crippen LogP contribution < -0.4 is 0 Å². The van der Waals surface area contributed by atoms with Gasteiger partial charge in [-0.3, -0.25) is 9.59 Å². The maximum Gasteiger partial charge on any atom is 0.314 e. The molecule has 15 heteroatoms. The summed E-state index contributed by atoms with van der Waals surface area (Å²) < 4.78 is 43.5. The van der Waals surface area contributed by atoms with E-state index in [1.165, 1.54) is 27.9 Å². The third kappa shape index (κ3) is 8.41. The van der Waals surface area contributed by atoms with Gasteiger partial charge >= 0.3 is 5.97 Å². The third-order valence-electron chi connectivity index (χ3n) is 12.1. The molecule has 5 N–H and O–H groups in total. The van der Waals surface area contributed by atoms with Crippen LogP contribution in [0.4, 0.5) is 0 Å². The van der Waals surface area contributed by atoms with Crippen molar-refractivity contribution in [3.63, 3.8) is 0 Å². The molecule has 0 aromatic rings. The first-order chi connectivity index (χ1) is 23.9. The minimum atomic E-state index is -2.03. The topological polar surface area (TPSA) is 203 Å². The molecule has 302 valence electrons. The number of carbonyl (C=O) groups excluding carboxylic acids is 2. The van der Waals surface area contributed by atoms with Crippen LogP contribution >= 0.6 is 0 Å². The summed E-state index contributed by atoms with van der Waals surface area (Å²) in [7, 11) is 5.14. The van der Waals surface area contributed by atoms with Crippen LogP contribution in [-0.4, -0.2) is 154 Å². The van der Waals surface area contributed by atoms with E-state index < -0.39 is 107 Å². The van der Waals surface area contributed by atoms with Gasteiger partial charge in [0.25, 0.3) is 5.97 Å². The molecule has 0 saturated carbocycles. The Labute approximate surface area is 308 Å². The summed E-state index contributed by atoms with van der Waals surface area (Å²) in [6.45, 7) is 14.3. The monoisotopic (exact) mass is 747 g/mol. The lowest BCUT2D eigenvalue weighted by Crippen LogP contribution is -2.67. The van der Waals surface area contributed by atoms with Crippen LogP contribution in [0.1, 0.15) is 88.0 Å². The highest BCUT2D eigenvalue weighted by Crippen LogP contribution is 2.47. The van der Waals surface area contributed by atoms with E-state index in [0.29, 0.717) is 6.42 Å². The molecule has 4 aliphatic rings. The van der Waals surface area contributed by atoms with Crippen molar-refractivity contribution < 1.29 is 68.3 Å². The van der Waals surface area contributed by atoms with Gasteiger partial charge < -0.3 is 63.6 Å². The standard InChI is InChI=1S/C37H65NO14/c1-13-25-36(9,45)29(41)20(4)26(39)18(2)15-34(7,44)31(50-33-27(40)24(38(10)11)14-19(3)48-33)21(5)28-23(32(43)49-25)16-47-37(52-28)17-35(8,46-12)30(42)22(6)51-37/h18-25,27-31,33,40-42,44-45H,13-17H2,1-12H3. The molecule has 15 nitrogen and oxygen atoms in total. The molecule has 1 spiro atoms. The number of methoxy groups -OCH3 is 1. The lowest BCUT2D eigenvalue weighted by Gasteiger charge is -2.55. The fourth-order valence-corrected chi connectivity index (χ4v) is 8.87. The molecular weight excluding hydrogens is 682 g/mol. The van der Waals surface area contributed by atoms with Crippen molar-refractivity contribution in [2.45, 2.75) is 172 Å². The summed E-state index contributed by atoms with van der Waals surface area (Å²) in [5.41, 5.74) is -5.03. The molecular formula is C37H65NO14. The van der Waals surface area contributed by atoms with E-state index in [1.807, 2.05) is 25.9 Å². The Morgan fingerprint density at radius 1 is 0.962 bits per heavy atom. The second-order valence-electron chi connectivity index (χ2n) is 16.8. The minimum absolute atomic E-state index is 0.0939. The highest BCUT2D eigenvalue weighted by atomic mass is 16.9. The summed E-state index contributed by atoms with van der Waals surface area (Å²) in [6.07, 6.45) is -9.39. The molecule has 52 heavy (non-hydrogen) atoms. The second-order valence-corrected chi connectivity index (χ2v) is 16.8. The van der Waals surface area contributed by atoms with Gasteiger partial charge in [0.05, 0.1) is 49.1 Å². The number of ketones is 1. The Kier molecular flexibility index (Phi) is 13.4. The number of rotatable bonds is 5. The Morgan fingerprint density at radius 2 is 1.60 bits per heavy atom. The molecule has 18 atom stereocenters. The SMILES string of the molecule is CCC1OC(=O)C2COC3(CC(C)(OC)C(O)C(C)O3)OC2C(C)C(OC2OC(C)CC(N(C)C)C2O)C(C)(O)CC(C)C(=O)C(C)C(O)C1(C)O. The van der Waals surface area contributed by atoms with Gasteiger partial charge in [0, 0.05) is 30.9 Å². The molecule has 4 aliphatic heterocycles. The van der Waals surface area contributed by atoms with Gasteiger partial charge in [0.2, 0.25) is 0 Å². The Hall–Kier alpha value is -1.34. The molecule has 0 bridgehead atoms. The Bertz CT molecular complexity index is 1250. The van der Waals surface area contributed by atoms with Crippen LogP contribution in [0.2, 0.25) is 0 Å². The van der Waals surface area contributed by atoms with E-state index in [2.05, 4.69) is 0 Å². The first-order valence-electron chi connectivity index (χ1n) is 18.7. The largest absolute Gasteiger partial charge is 0.459 e. The van der Waals surface area contributed by atoms with E-state index in [0.717, 1.165) is 0 Å². The minimum Gasteiger partial charge on any atom is -0.459 e. The van der Waals surface area contributed by atoms with Gasteiger partial charge in [-0.1, -0.05) is 27.7 Å². The van der Waals surface area contributed by atoms with Gasteiger partial charge in [-0.25, -0.2) is 0 Å². The predicted octanol–water partition coefficient (Wildman–Crippen LogP) is 1.12. The van der Waals surface area contributed by atoms with Crippen molar-refractivity contribution in [2.24, 2.45) is 23.7 Å². The first-order valence-corrected chi connectivity index (χ1v) is 18.7. The maximum atomic E-state index is 14.2. The highest BCUT2D eigenvalue weighted by Gasteiger charge is 2.61. The van der Waals surface area contributed by atoms with Gasteiger partial charge in [-0.15, -0.1) is 0 Å². The average Bonchev–Trinajstić information content (AvgIpc) is 3.07. The van der Waals surface area contributed by atoms with Crippen LogP contribution in [0.25, 0.3) is 0 Å². The van der Waals surface area contributed by atoms with E-state index >= 15 is 0 Å².